The van der Waals surface area contributed by atoms with E-state index < -0.39 is 6.04 Å². The molecule has 3 heterocycles. The number of hydrogen-bond donors (Lipinski definition) is 2. The van der Waals surface area contributed by atoms with E-state index in [2.05, 4.69) is 20.3 Å². The number of dihydropyridines is 1. The number of methoxy groups -OCH3 is 1. The van der Waals surface area contributed by atoms with Gasteiger partial charge in [0.25, 0.3) is 5.91 Å². The van der Waals surface area contributed by atoms with Crippen molar-refractivity contribution >= 4 is 17.7 Å². The quantitative estimate of drug-likeness (QED) is 0.291. The number of ether oxygens (including phenoxy) is 2. The first-order valence-electron chi connectivity index (χ1n) is 9.61. The third-order valence-electron chi connectivity index (χ3n) is 5.30. The van der Waals surface area contributed by atoms with Crippen LogP contribution in [0.25, 0.3) is 5.57 Å². The van der Waals surface area contributed by atoms with Crippen LogP contribution in [0.4, 0.5) is 0 Å². The van der Waals surface area contributed by atoms with Crippen molar-refractivity contribution < 1.29 is 14.3 Å². The van der Waals surface area contributed by atoms with Crippen LogP contribution in [0.15, 0.2) is 33.9 Å². The zero-order valence-electron chi connectivity index (χ0n) is 16.0. The fraction of sp³-hybridized carbons (Fsp3) is 0.450. The lowest BCUT2D eigenvalue weighted by Crippen LogP contribution is -2.41. The summed E-state index contributed by atoms with van der Waals surface area (Å²) >= 11 is 0. The number of nitrogens with one attached hydrogen (secondary N) is 1. The summed E-state index contributed by atoms with van der Waals surface area (Å²) in [5.41, 5.74) is 3.62. The standard InChI is InChI=1S/C20H25N5O3/c1-27-16-11-13-15(12-17(16)28-10-4-9-25-7-2-3-8-25)23-14-5-6-22-19(18(13)14)20(26)24-21/h5-6,11-12,19H,2-4,7-10,21H2,1H3,(H,24,26). The van der Waals surface area contributed by atoms with Crippen molar-refractivity contribution in [3.05, 3.63) is 34.5 Å². The number of amides is 1. The Morgan fingerprint density at radius 3 is 2.89 bits per heavy atom. The normalized spacial score (nSPS) is 20.3. The average molecular weight is 383 g/mol. The Labute approximate surface area is 163 Å². The third-order valence-corrected chi connectivity index (χ3v) is 5.30. The molecule has 0 spiro atoms. The number of rotatable bonds is 7. The Kier molecular flexibility index (Phi) is 5.40. The summed E-state index contributed by atoms with van der Waals surface area (Å²) in [6.45, 7) is 4.05. The second kappa shape index (κ2) is 8.12. The van der Waals surface area contributed by atoms with Gasteiger partial charge in [0, 0.05) is 29.6 Å². The first-order chi connectivity index (χ1) is 13.7. The molecule has 1 amide bonds. The predicted octanol–water partition coefficient (Wildman–Crippen LogP) is -0.329. The van der Waals surface area contributed by atoms with Crippen LogP contribution in [0.2, 0.25) is 0 Å². The number of nitrogens with zero attached hydrogens (tertiary/aromatic N) is 3. The minimum atomic E-state index is -0.716. The number of fused-ring (bicyclic) bond motifs is 2. The monoisotopic (exact) mass is 383 g/mol. The Bertz CT molecular complexity index is 947. The molecule has 1 fully saturated rings. The number of carbonyl (C=O) groups excluding carboxylic acids is 1. The molecule has 1 saturated heterocycles. The number of allylic oxidation sites excluding steroid dienone is 1. The topological polar surface area (TPSA) is 102 Å². The van der Waals surface area contributed by atoms with Crippen molar-refractivity contribution in [1.82, 2.24) is 10.3 Å². The Balaban J connectivity index is 1.57. The van der Waals surface area contributed by atoms with Gasteiger partial charge in [0.2, 0.25) is 0 Å². The second-order valence-corrected chi connectivity index (χ2v) is 7.06. The highest BCUT2D eigenvalue weighted by Crippen LogP contribution is 2.28. The maximum Gasteiger partial charge on any atom is 0.263 e. The molecule has 1 unspecified atom stereocenters. The molecule has 3 aliphatic heterocycles. The largest absolute Gasteiger partial charge is 0.493 e. The van der Waals surface area contributed by atoms with Gasteiger partial charge in [-0.3, -0.25) is 15.2 Å². The summed E-state index contributed by atoms with van der Waals surface area (Å²) in [6, 6.07) is 3.02. The van der Waals surface area contributed by atoms with E-state index in [4.69, 9.17) is 15.3 Å². The highest BCUT2D eigenvalue weighted by Gasteiger charge is 2.30. The van der Waals surface area contributed by atoms with Gasteiger partial charge in [0.15, 0.2) is 17.5 Å². The van der Waals surface area contributed by atoms with E-state index in [1.54, 1.807) is 19.4 Å². The molecule has 3 aliphatic rings. The van der Waals surface area contributed by atoms with Crippen LogP contribution >= 0.6 is 0 Å². The summed E-state index contributed by atoms with van der Waals surface area (Å²) in [7, 11) is 1.61. The maximum atomic E-state index is 12.1. The Morgan fingerprint density at radius 2 is 2.14 bits per heavy atom. The van der Waals surface area contributed by atoms with Gasteiger partial charge in [-0.1, -0.05) is 0 Å². The van der Waals surface area contributed by atoms with Gasteiger partial charge in [0.05, 0.1) is 24.8 Å². The zero-order chi connectivity index (χ0) is 19.5. The van der Waals surface area contributed by atoms with E-state index in [1.165, 1.54) is 25.9 Å². The van der Waals surface area contributed by atoms with Crippen LogP contribution < -0.4 is 31.3 Å². The van der Waals surface area contributed by atoms with Crippen molar-refractivity contribution in [3.8, 4) is 11.5 Å². The van der Waals surface area contributed by atoms with Gasteiger partial charge in [-0.05, 0) is 44.5 Å². The van der Waals surface area contributed by atoms with E-state index in [9.17, 15) is 4.79 Å². The van der Waals surface area contributed by atoms with Crippen molar-refractivity contribution in [2.24, 2.45) is 15.8 Å². The summed E-state index contributed by atoms with van der Waals surface area (Å²) in [4.78, 5) is 23.5. The molecular weight excluding hydrogens is 358 g/mol. The lowest BCUT2D eigenvalue weighted by atomic mass is 10.00. The van der Waals surface area contributed by atoms with Crippen LogP contribution in [-0.4, -0.2) is 56.4 Å². The molecule has 1 aromatic rings. The predicted molar refractivity (Wildman–Crippen MR) is 106 cm³/mol. The summed E-state index contributed by atoms with van der Waals surface area (Å²) < 4.78 is 11.5. The van der Waals surface area contributed by atoms with E-state index in [0.717, 1.165) is 29.1 Å². The number of benzene rings is 1. The summed E-state index contributed by atoms with van der Waals surface area (Å²) in [5, 5.41) is 1.56. The molecule has 28 heavy (non-hydrogen) atoms. The van der Waals surface area contributed by atoms with Gasteiger partial charge in [-0.15, -0.1) is 0 Å². The molecule has 8 nitrogen and oxygen atoms in total. The van der Waals surface area contributed by atoms with Gasteiger partial charge in [-0.25, -0.2) is 10.8 Å². The van der Waals surface area contributed by atoms with Crippen LogP contribution in [0, 0.1) is 0 Å². The van der Waals surface area contributed by atoms with Crippen molar-refractivity contribution in [2.45, 2.75) is 25.3 Å². The molecule has 1 aromatic carbocycles. The van der Waals surface area contributed by atoms with Crippen molar-refractivity contribution in [1.29, 1.82) is 0 Å². The van der Waals surface area contributed by atoms with Gasteiger partial charge >= 0.3 is 0 Å². The Hall–Kier alpha value is -2.71. The first-order valence-corrected chi connectivity index (χ1v) is 9.61. The SMILES string of the molecule is COc1cc2c(cc1OCCCN1CCCC1)=NC1=CC=NC(C(=O)NN)C=21. The molecule has 0 aliphatic carbocycles. The fourth-order valence-electron chi connectivity index (χ4n) is 3.90. The molecule has 8 heteroatoms. The van der Waals surface area contributed by atoms with E-state index in [0.29, 0.717) is 23.8 Å². The third kappa shape index (κ3) is 3.53. The number of aliphatic imine (C=N–C) groups is 1. The highest BCUT2D eigenvalue weighted by molar-refractivity contribution is 6.00. The zero-order valence-corrected chi connectivity index (χ0v) is 16.0. The van der Waals surface area contributed by atoms with Crippen LogP contribution in [-0.2, 0) is 4.79 Å². The lowest BCUT2D eigenvalue weighted by Gasteiger charge is -2.16. The maximum absolute atomic E-state index is 12.1. The highest BCUT2D eigenvalue weighted by atomic mass is 16.5. The van der Waals surface area contributed by atoms with Gasteiger partial charge in [0.1, 0.15) is 0 Å². The molecule has 0 radical (unpaired) electrons. The lowest BCUT2D eigenvalue weighted by molar-refractivity contribution is -0.121. The molecule has 4 rings (SSSR count). The van der Waals surface area contributed by atoms with E-state index in [1.807, 2.05) is 12.1 Å². The molecule has 1 atom stereocenters. The first kappa shape index (κ1) is 18.6. The number of likely N-dealkylation sites (tertiary alicyclic amines) is 1. The van der Waals surface area contributed by atoms with Crippen LogP contribution in [0.3, 0.4) is 0 Å². The number of hydrazine groups is 1. The smallest absolute Gasteiger partial charge is 0.263 e. The van der Waals surface area contributed by atoms with Crippen molar-refractivity contribution in [3.63, 3.8) is 0 Å². The minimum absolute atomic E-state index is 0.374. The Morgan fingerprint density at radius 1 is 1.32 bits per heavy atom. The second-order valence-electron chi connectivity index (χ2n) is 7.06. The molecule has 0 saturated carbocycles. The van der Waals surface area contributed by atoms with Gasteiger partial charge < -0.3 is 14.4 Å². The summed E-state index contributed by atoms with van der Waals surface area (Å²) in [5.74, 6) is 6.22. The number of nitrogens with two attached hydrogens (primary N) is 1. The molecule has 148 valence electrons. The molecular formula is C20H25N5O3. The molecule has 0 aromatic heterocycles. The summed E-state index contributed by atoms with van der Waals surface area (Å²) in [6.07, 6.45) is 6.93. The van der Waals surface area contributed by atoms with E-state index >= 15 is 0 Å². The molecule has 0 bridgehead atoms. The number of carbonyl (C=O) groups is 1. The van der Waals surface area contributed by atoms with Gasteiger partial charge in [-0.2, -0.15) is 0 Å². The van der Waals surface area contributed by atoms with E-state index in [-0.39, 0.29) is 5.91 Å². The average Bonchev–Trinajstić information content (AvgIpc) is 3.36. The molecule has 3 N–H and O–H groups in total. The fourth-order valence-corrected chi connectivity index (χ4v) is 3.90. The minimum Gasteiger partial charge on any atom is -0.493 e. The van der Waals surface area contributed by atoms with Crippen LogP contribution in [0.1, 0.15) is 19.3 Å². The van der Waals surface area contributed by atoms with Crippen molar-refractivity contribution in [2.75, 3.05) is 33.4 Å². The van der Waals surface area contributed by atoms with Crippen LogP contribution in [0.5, 0.6) is 11.5 Å². The number of hydrogen-bond acceptors (Lipinski definition) is 7.